The maximum absolute atomic E-state index is 11.2. The smallest absolute Gasteiger partial charge is 0.145 e. The molecule has 0 unspecified atom stereocenters. The number of aromatic nitrogens is 1. The van der Waals surface area contributed by atoms with E-state index in [1.807, 2.05) is 0 Å². The van der Waals surface area contributed by atoms with Gasteiger partial charge in [-0.25, -0.2) is 0 Å². The van der Waals surface area contributed by atoms with Gasteiger partial charge in [-0.05, 0) is 31.4 Å². The van der Waals surface area contributed by atoms with E-state index >= 15 is 0 Å². The normalized spacial score (nSPS) is 20.6. The molecular formula is C21H25Cl2NO3. The van der Waals surface area contributed by atoms with Gasteiger partial charge in [0, 0.05) is 23.0 Å². The summed E-state index contributed by atoms with van der Waals surface area (Å²) in [6, 6.07) is 5.38. The summed E-state index contributed by atoms with van der Waals surface area (Å²) in [6.45, 7) is 4.47. The van der Waals surface area contributed by atoms with E-state index in [1.165, 1.54) is 0 Å². The lowest BCUT2D eigenvalue weighted by molar-refractivity contribution is -0.112. The molecule has 1 aromatic carbocycles. The molecule has 0 aliphatic heterocycles. The predicted molar refractivity (Wildman–Crippen MR) is 107 cm³/mol. The molecule has 4 nitrogen and oxygen atoms in total. The maximum Gasteiger partial charge on any atom is 0.145 e. The van der Waals surface area contributed by atoms with E-state index in [-0.39, 0.29) is 17.9 Å². The van der Waals surface area contributed by atoms with E-state index in [4.69, 9.17) is 32.5 Å². The molecular weight excluding hydrogens is 385 g/mol. The average Bonchev–Trinajstić information content (AvgIpc) is 2.91. The van der Waals surface area contributed by atoms with Gasteiger partial charge in [-0.15, -0.1) is 0 Å². The molecule has 146 valence electrons. The molecule has 0 amide bonds. The summed E-state index contributed by atoms with van der Waals surface area (Å²) >= 11 is 12.8. The van der Waals surface area contributed by atoms with Crippen molar-refractivity contribution in [3.63, 3.8) is 0 Å². The van der Waals surface area contributed by atoms with Crippen LogP contribution in [0, 0.1) is 5.92 Å². The molecule has 2 aromatic rings. The minimum atomic E-state index is 0.0622. The van der Waals surface area contributed by atoms with Crippen LogP contribution < -0.4 is 0 Å². The van der Waals surface area contributed by atoms with Crippen molar-refractivity contribution in [3.05, 3.63) is 39.6 Å². The molecule has 1 fully saturated rings. The molecule has 2 atom stereocenters. The lowest BCUT2D eigenvalue weighted by Crippen LogP contribution is -2.17. The van der Waals surface area contributed by atoms with Crippen molar-refractivity contribution in [1.82, 2.24) is 5.16 Å². The van der Waals surface area contributed by atoms with Crippen LogP contribution in [-0.2, 0) is 16.1 Å². The van der Waals surface area contributed by atoms with Gasteiger partial charge >= 0.3 is 0 Å². The van der Waals surface area contributed by atoms with Crippen molar-refractivity contribution < 1.29 is 14.1 Å². The lowest BCUT2D eigenvalue weighted by Gasteiger charge is -2.18. The van der Waals surface area contributed by atoms with Crippen LogP contribution in [0.15, 0.2) is 22.7 Å². The van der Waals surface area contributed by atoms with Crippen molar-refractivity contribution in [2.45, 2.75) is 64.6 Å². The Hall–Kier alpha value is -1.36. The fourth-order valence-corrected chi connectivity index (χ4v) is 4.24. The van der Waals surface area contributed by atoms with Gasteiger partial charge in [0.1, 0.15) is 17.7 Å². The Labute approximate surface area is 170 Å². The number of benzene rings is 1. The summed E-state index contributed by atoms with van der Waals surface area (Å²) in [5.74, 6) is 1.02. The molecule has 6 heteroatoms. The number of hydrogen-bond acceptors (Lipinski definition) is 4. The van der Waals surface area contributed by atoms with Crippen molar-refractivity contribution in [2.24, 2.45) is 5.92 Å². The van der Waals surface area contributed by atoms with Gasteiger partial charge in [-0.3, -0.25) is 0 Å². The Kier molecular flexibility index (Phi) is 6.96. The van der Waals surface area contributed by atoms with Crippen molar-refractivity contribution >= 4 is 29.5 Å². The van der Waals surface area contributed by atoms with Gasteiger partial charge in [0.2, 0.25) is 0 Å². The number of carbonyl (C=O) groups excluding carboxylic acids is 1. The highest BCUT2D eigenvalue weighted by Gasteiger charge is 2.26. The number of aldehydes is 1. The minimum absolute atomic E-state index is 0.0622. The Morgan fingerprint density at radius 3 is 2.63 bits per heavy atom. The zero-order valence-electron chi connectivity index (χ0n) is 15.7. The molecule has 0 radical (unpaired) electrons. The van der Waals surface area contributed by atoms with E-state index in [0.717, 1.165) is 49.7 Å². The van der Waals surface area contributed by atoms with Crippen LogP contribution in [-0.4, -0.2) is 17.5 Å². The fourth-order valence-electron chi connectivity index (χ4n) is 3.66. The van der Waals surface area contributed by atoms with Crippen molar-refractivity contribution in [3.8, 4) is 11.3 Å². The second-order valence-electron chi connectivity index (χ2n) is 7.47. The van der Waals surface area contributed by atoms with Crippen LogP contribution in [0.5, 0.6) is 0 Å². The van der Waals surface area contributed by atoms with Crippen LogP contribution in [0.3, 0.4) is 0 Å². The predicted octanol–water partition coefficient (Wildman–Crippen LogP) is 6.44. The summed E-state index contributed by atoms with van der Waals surface area (Å²) in [4.78, 5) is 11.2. The zero-order valence-corrected chi connectivity index (χ0v) is 17.2. The molecule has 0 bridgehead atoms. The van der Waals surface area contributed by atoms with Crippen molar-refractivity contribution in [2.75, 3.05) is 0 Å². The monoisotopic (exact) mass is 409 g/mol. The van der Waals surface area contributed by atoms with Crippen LogP contribution in [0.1, 0.15) is 63.2 Å². The standard InChI is InChI=1S/C21H25Cl2NO3/c1-13(2)21-16(12-26-15-7-4-3-6-14(10-15)11-25)20(24-27-21)19-17(22)8-5-9-18(19)23/h5,8-9,11,13-15H,3-4,6-7,10,12H2,1-2H3/t14-,15+/m1/s1. The average molecular weight is 410 g/mol. The summed E-state index contributed by atoms with van der Waals surface area (Å²) in [5, 5.41) is 5.32. The highest BCUT2D eigenvalue weighted by molar-refractivity contribution is 6.39. The summed E-state index contributed by atoms with van der Waals surface area (Å²) < 4.78 is 11.9. The number of carbonyl (C=O) groups is 1. The van der Waals surface area contributed by atoms with Crippen LogP contribution in [0.2, 0.25) is 10.0 Å². The molecule has 1 aliphatic rings. The Balaban J connectivity index is 1.87. The molecule has 0 spiro atoms. The second-order valence-corrected chi connectivity index (χ2v) is 8.29. The molecule has 0 saturated heterocycles. The van der Waals surface area contributed by atoms with Crippen LogP contribution in [0.4, 0.5) is 0 Å². The van der Waals surface area contributed by atoms with E-state index in [9.17, 15) is 4.79 Å². The number of rotatable bonds is 6. The first-order valence-corrected chi connectivity index (χ1v) is 10.3. The third-order valence-corrected chi connectivity index (χ3v) is 5.74. The largest absolute Gasteiger partial charge is 0.373 e. The Morgan fingerprint density at radius 1 is 1.26 bits per heavy atom. The molecule has 1 aromatic heterocycles. The number of hydrogen-bond donors (Lipinski definition) is 0. The number of halogens is 2. The van der Waals surface area contributed by atoms with E-state index < -0.39 is 0 Å². The maximum atomic E-state index is 11.2. The summed E-state index contributed by atoms with van der Waals surface area (Å²) in [5.41, 5.74) is 2.18. The third kappa shape index (κ3) is 4.74. The molecule has 1 aliphatic carbocycles. The van der Waals surface area contributed by atoms with Gasteiger partial charge in [0.05, 0.1) is 22.8 Å². The Bertz CT molecular complexity index is 767. The second kappa shape index (κ2) is 9.22. The first-order chi connectivity index (χ1) is 13.0. The quantitative estimate of drug-likeness (QED) is 0.406. The zero-order chi connectivity index (χ0) is 19.4. The molecule has 1 saturated carbocycles. The van der Waals surface area contributed by atoms with E-state index in [0.29, 0.717) is 27.9 Å². The first-order valence-electron chi connectivity index (χ1n) is 9.51. The fraction of sp³-hybridized carbons (Fsp3) is 0.524. The number of nitrogens with zero attached hydrogens (tertiary/aromatic N) is 1. The van der Waals surface area contributed by atoms with Gasteiger partial charge in [-0.1, -0.05) is 61.1 Å². The van der Waals surface area contributed by atoms with Gasteiger partial charge < -0.3 is 14.1 Å². The topological polar surface area (TPSA) is 52.3 Å². The first kappa shape index (κ1) is 20.4. The molecule has 1 heterocycles. The van der Waals surface area contributed by atoms with Gasteiger partial charge in [0.25, 0.3) is 0 Å². The van der Waals surface area contributed by atoms with Crippen LogP contribution in [0.25, 0.3) is 11.3 Å². The van der Waals surface area contributed by atoms with Gasteiger partial charge in [0.15, 0.2) is 0 Å². The summed E-state index contributed by atoms with van der Waals surface area (Å²) in [6.07, 6.45) is 5.98. The highest BCUT2D eigenvalue weighted by atomic mass is 35.5. The lowest BCUT2D eigenvalue weighted by atomic mass is 10.00. The minimum Gasteiger partial charge on any atom is -0.373 e. The molecule has 3 rings (SSSR count). The Morgan fingerprint density at radius 2 is 1.96 bits per heavy atom. The molecule has 0 N–H and O–H groups in total. The summed E-state index contributed by atoms with van der Waals surface area (Å²) in [7, 11) is 0. The van der Waals surface area contributed by atoms with E-state index in [2.05, 4.69) is 19.0 Å². The highest BCUT2D eigenvalue weighted by Crippen LogP contribution is 2.39. The van der Waals surface area contributed by atoms with Gasteiger partial charge in [-0.2, -0.15) is 0 Å². The molecule has 27 heavy (non-hydrogen) atoms. The SMILES string of the molecule is CC(C)c1onc(-c2c(Cl)cccc2Cl)c1CO[C@H]1CCCC[C@@H](C=O)C1. The van der Waals surface area contributed by atoms with E-state index in [1.54, 1.807) is 18.2 Å². The van der Waals surface area contributed by atoms with Crippen molar-refractivity contribution in [1.29, 1.82) is 0 Å². The van der Waals surface area contributed by atoms with Crippen LogP contribution >= 0.6 is 23.2 Å². The third-order valence-electron chi connectivity index (χ3n) is 5.11. The number of ether oxygens (including phenoxy) is 1.